The van der Waals surface area contributed by atoms with Crippen molar-refractivity contribution in [1.29, 1.82) is 0 Å². The van der Waals surface area contributed by atoms with Gasteiger partial charge in [0.05, 0.1) is 46.4 Å². The SMILES string of the molecule is COC(=O)CC(NC(=O)c1cc2c(OC)cc(OC)c(OC)c2[nH]1)c1cccs1. The molecule has 2 N–H and O–H groups in total. The van der Waals surface area contributed by atoms with Crippen LogP contribution in [0.1, 0.15) is 27.8 Å². The molecular formula is C20H22N2O6S. The number of carbonyl (C=O) groups is 2. The Balaban J connectivity index is 1.96. The quantitative estimate of drug-likeness (QED) is 0.545. The summed E-state index contributed by atoms with van der Waals surface area (Å²) in [4.78, 5) is 28.7. The van der Waals surface area contributed by atoms with Crippen molar-refractivity contribution in [2.75, 3.05) is 28.4 Å². The van der Waals surface area contributed by atoms with Crippen LogP contribution in [0.2, 0.25) is 0 Å². The molecule has 3 aromatic rings. The van der Waals surface area contributed by atoms with E-state index < -0.39 is 12.0 Å². The first-order chi connectivity index (χ1) is 14.0. The van der Waals surface area contributed by atoms with Crippen LogP contribution in [0.4, 0.5) is 0 Å². The van der Waals surface area contributed by atoms with Crippen molar-refractivity contribution in [2.45, 2.75) is 12.5 Å². The van der Waals surface area contributed by atoms with E-state index in [0.717, 1.165) is 4.88 Å². The molecule has 8 nitrogen and oxygen atoms in total. The number of fused-ring (bicyclic) bond motifs is 1. The Morgan fingerprint density at radius 3 is 2.45 bits per heavy atom. The average molecular weight is 418 g/mol. The number of H-pyrrole nitrogens is 1. The van der Waals surface area contributed by atoms with Crippen LogP contribution in [0.25, 0.3) is 10.9 Å². The maximum absolute atomic E-state index is 12.9. The number of rotatable bonds is 8. The third kappa shape index (κ3) is 4.14. The number of hydrogen-bond donors (Lipinski definition) is 2. The summed E-state index contributed by atoms with van der Waals surface area (Å²) in [6, 6.07) is 6.60. The third-order valence-electron chi connectivity index (χ3n) is 4.48. The number of ether oxygens (including phenoxy) is 4. The lowest BCUT2D eigenvalue weighted by molar-refractivity contribution is -0.141. The van der Waals surface area contributed by atoms with Gasteiger partial charge in [0.15, 0.2) is 11.5 Å². The van der Waals surface area contributed by atoms with E-state index in [9.17, 15) is 9.59 Å². The number of carbonyl (C=O) groups excluding carboxylic acids is 2. The molecule has 2 heterocycles. The molecule has 0 saturated heterocycles. The highest BCUT2D eigenvalue weighted by atomic mass is 32.1. The minimum absolute atomic E-state index is 0.0312. The van der Waals surface area contributed by atoms with Gasteiger partial charge in [-0.2, -0.15) is 0 Å². The topological polar surface area (TPSA) is 98.9 Å². The van der Waals surface area contributed by atoms with Crippen LogP contribution >= 0.6 is 11.3 Å². The number of esters is 1. The molecule has 1 unspecified atom stereocenters. The molecule has 1 atom stereocenters. The van der Waals surface area contributed by atoms with Crippen molar-refractivity contribution in [3.8, 4) is 17.2 Å². The van der Waals surface area contributed by atoms with Crippen LogP contribution in [-0.2, 0) is 9.53 Å². The molecule has 1 amide bonds. The predicted molar refractivity (Wildman–Crippen MR) is 109 cm³/mol. The van der Waals surface area contributed by atoms with E-state index in [1.807, 2.05) is 17.5 Å². The number of methoxy groups -OCH3 is 4. The van der Waals surface area contributed by atoms with Gasteiger partial charge < -0.3 is 29.2 Å². The van der Waals surface area contributed by atoms with Crippen molar-refractivity contribution in [1.82, 2.24) is 10.3 Å². The molecule has 1 aromatic carbocycles. The van der Waals surface area contributed by atoms with Crippen LogP contribution < -0.4 is 19.5 Å². The Kier molecular flexibility index (Phi) is 6.28. The number of aromatic amines is 1. The van der Waals surface area contributed by atoms with Gasteiger partial charge in [0.2, 0.25) is 0 Å². The van der Waals surface area contributed by atoms with Crippen molar-refractivity contribution < 1.29 is 28.5 Å². The number of amides is 1. The van der Waals surface area contributed by atoms with Crippen molar-refractivity contribution in [3.05, 3.63) is 40.2 Å². The van der Waals surface area contributed by atoms with Gasteiger partial charge in [0.25, 0.3) is 5.91 Å². The lowest BCUT2D eigenvalue weighted by atomic mass is 10.1. The monoisotopic (exact) mass is 418 g/mol. The molecule has 0 radical (unpaired) electrons. The Bertz CT molecular complexity index is 1010. The first-order valence-electron chi connectivity index (χ1n) is 8.75. The van der Waals surface area contributed by atoms with Gasteiger partial charge in [0, 0.05) is 16.3 Å². The number of benzene rings is 1. The maximum atomic E-state index is 12.9. The molecule has 0 fully saturated rings. The lowest BCUT2D eigenvalue weighted by Gasteiger charge is -2.15. The van der Waals surface area contributed by atoms with E-state index in [1.165, 1.54) is 39.8 Å². The first-order valence-corrected chi connectivity index (χ1v) is 9.63. The highest BCUT2D eigenvalue weighted by Gasteiger charge is 2.23. The molecule has 9 heteroatoms. The molecule has 29 heavy (non-hydrogen) atoms. The zero-order valence-electron chi connectivity index (χ0n) is 16.5. The van der Waals surface area contributed by atoms with Gasteiger partial charge in [-0.05, 0) is 17.5 Å². The molecule has 0 spiro atoms. The van der Waals surface area contributed by atoms with Gasteiger partial charge >= 0.3 is 5.97 Å². The molecule has 0 aliphatic heterocycles. The van der Waals surface area contributed by atoms with Gasteiger partial charge in [-0.25, -0.2) is 0 Å². The number of thiophene rings is 1. The van der Waals surface area contributed by atoms with Gasteiger partial charge in [-0.3, -0.25) is 9.59 Å². The summed E-state index contributed by atoms with van der Waals surface area (Å²) in [6.07, 6.45) is 0.0312. The molecule has 2 aromatic heterocycles. The fraction of sp³-hybridized carbons (Fsp3) is 0.300. The van der Waals surface area contributed by atoms with Crippen LogP contribution in [0, 0.1) is 0 Å². The minimum Gasteiger partial charge on any atom is -0.496 e. The molecular weight excluding hydrogens is 396 g/mol. The normalized spacial score (nSPS) is 11.7. The Morgan fingerprint density at radius 2 is 1.86 bits per heavy atom. The van der Waals surface area contributed by atoms with Gasteiger partial charge in [-0.15, -0.1) is 11.3 Å². The van der Waals surface area contributed by atoms with Crippen molar-refractivity contribution in [2.24, 2.45) is 0 Å². The molecule has 3 rings (SSSR count). The fourth-order valence-corrected chi connectivity index (χ4v) is 3.84. The minimum atomic E-state index is -0.500. The van der Waals surface area contributed by atoms with E-state index in [-0.39, 0.29) is 12.3 Å². The molecule has 0 aliphatic rings. The van der Waals surface area contributed by atoms with E-state index in [4.69, 9.17) is 18.9 Å². The summed E-state index contributed by atoms with van der Waals surface area (Å²) in [7, 11) is 5.90. The summed E-state index contributed by atoms with van der Waals surface area (Å²) in [6.45, 7) is 0. The van der Waals surface area contributed by atoms with E-state index >= 15 is 0 Å². The van der Waals surface area contributed by atoms with Gasteiger partial charge in [0.1, 0.15) is 11.4 Å². The van der Waals surface area contributed by atoms with Crippen LogP contribution in [-0.4, -0.2) is 45.3 Å². The number of aromatic nitrogens is 1. The lowest BCUT2D eigenvalue weighted by Crippen LogP contribution is -2.30. The summed E-state index contributed by atoms with van der Waals surface area (Å²) >= 11 is 1.45. The van der Waals surface area contributed by atoms with Crippen LogP contribution in [0.3, 0.4) is 0 Å². The Hall–Kier alpha value is -3.20. The first kappa shape index (κ1) is 20.5. The zero-order valence-corrected chi connectivity index (χ0v) is 17.3. The zero-order chi connectivity index (χ0) is 21.0. The summed E-state index contributed by atoms with van der Waals surface area (Å²) in [5.41, 5.74) is 0.880. The highest BCUT2D eigenvalue weighted by molar-refractivity contribution is 7.10. The second-order valence-electron chi connectivity index (χ2n) is 6.11. The molecule has 0 saturated carbocycles. The summed E-state index contributed by atoms with van der Waals surface area (Å²) in [5, 5.41) is 5.45. The average Bonchev–Trinajstić information content (AvgIpc) is 3.41. The molecule has 0 aliphatic carbocycles. The second-order valence-corrected chi connectivity index (χ2v) is 7.09. The predicted octanol–water partition coefficient (Wildman–Crippen LogP) is 3.29. The van der Waals surface area contributed by atoms with Crippen LogP contribution in [0.15, 0.2) is 29.6 Å². The largest absolute Gasteiger partial charge is 0.496 e. The summed E-state index contributed by atoms with van der Waals surface area (Å²) < 4.78 is 21.0. The number of hydrogen-bond acceptors (Lipinski definition) is 7. The Labute approximate surface area is 171 Å². The molecule has 154 valence electrons. The third-order valence-corrected chi connectivity index (χ3v) is 5.46. The highest BCUT2D eigenvalue weighted by Crippen LogP contribution is 2.41. The standard InChI is InChI=1S/C20H22N2O6S/c1-25-14-10-15(26-2)19(28-4)18-11(14)8-13(21-18)20(24)22-12(9-17(23)27-3)16-6-5-7-29-16/h5-8,10,12,21H,9H2,1-4H3,(H,22,24). The Morgan fingerprint density at radius 1 is 1.10 bits per heavy atom. The number of nitrogens with one attached hydrogen (secondary N) is 2. The van der Waals surface area contributed by atoms with E-state index in [1.54, 1.807) is 12.1 Å². The van der Waals surface area contributed by atoms with Crippen molar-refractivity contribution in [3.63, 3.8) is 0 Å². The van der Waals surface area contributed by atoms with Crippen molar-refractivity contribution >= 4 is 34.1 Å². The maximum Gasteiger partial charge on any atom is 0.307 e. The smallest absolute Gasteiger partial charge is 0.307 e. The fourth-order valence-electron chi connectivity index (χ4n) is 3.06. The van der Waals surface area contributed by atoms with Gasteiger partial charge in [-0.1, -0.05) is 6.07 Å². The van der Waals surface area contributed by atoms with E-state index in [2.05, 4.69) is 10.3 Å². The van der Waals surface area contributed by atoms with E-state index in [0.29, 0.717) is 33.8 Å². The second kappa shape index (κ2) is 8.87. The van der Waals surface area contributed by atoms with Crippen LogP contribution in [0.5, 0.6) is 17.2 Å². The summed E-state index contributed by atoms with van der Waals surface area (Å²) in [5.74, 6) is 0.705. The molecule has 0 bridgehead atoms.